The number of hydrogen-bond donors (Lipinski definition) is 2. The Hall–Kier alpha value is -2.04. The molecule has 5 nitrogen and oxygen atoms in total. The molecule has 1 aliphatic heterocycles. The second-order valence-corrected chi connectivity index (χ2v) is 5.78. The third-order valence-electron chi connectivity index (χ3n) is 4.03. The van der Waals surface area contributed by atoms with E-state index in [0.29, 0.717) is 19.1 Å². The van der Waals surface area contributed by atoms with E-state index in [0.717, 1.165) is 31.2 Å². The van der Waals surface area contributed by atoms with Crippen LogP contribution in [0.3, 0.4) is 0 Å². The largest absolute Gasteiger partial charge is 0.350 e. The monoisotopic (exact) mass is 287 g/mol. The van der Waals surface area contributed by atoms with E-state index in [1.807, 2.05) is 30.3 Å². The molecule has 2 fully saturated rings. The molecule has 3 amide bonds. The summed E-state index contributed by atoms with van der Waals surface area (Å²) in [5, 5.41) is 5.90. The van der Waals surface area contributed by atoms with Gasteiger partial charge in [0, 0.05) is 19.1 Å². The summed E-state index contributed by atoms with van der Waals surface area (Å²) in [7, 11) is 0. The van der Waals surface area contributed by atoms with Crippen molar-refractivity contribution < 1.29 is 9.59 Å². The molecule has 0 bridgehead atoms. The smallest absolute Gasteiger partial charge is 0.318 e. The molecule has 0 spiro atoms. The van der Waals surface area contributed by atoms with Crippen molar-refractivity contribution in [3.8, 4) is 0 Å². The molecule has 21 heavy (non-hydrogen) atoms. The fourth-order valence-corrected chi connectivity index (χ4v) is 2.67. The van der Waals surface area contributed by atoms with Gasteiger partial charge in [-0.25, -0.2) is 4.79 Å². The van der Waals surface area contributed by atoms with Crippen LogP contribution in [0.1, 0.15) is 31.2 Å². The summed E-state index contributed by atoms with van der Waals surface area (Å²) in [6, 6.07) is 9.72. The van der Waals surface area contributed by atoms with Crippen molar-refractivity contribution in [1.29, 1.82) is 0 Å². The van der Waals surface area contributed by atoms with Gasteiger partial charge < -0.3 is 15.5 Å². The van der Waals surface area contributed by atoms with Crippen LogP contribution < -0.4 is 10.6 Å². The van der Waals surface area contributed by atoms with Gasteiger partial charge in [0.05, 0.1) is 0 Å². The lowest BCUT2D eigenvalue weighted by atomic mass is 10.2. The summed E-state index contributed by atoms with van der Waals surface area (Å²) < 4.78 is 0. The van der Waals surface area contributed by atoms with E-state index in [2.05, 4.69) is 10.6 Å². The zero-order chi connectivity index (χ0) is 14.7. The molecule has 1 aromatic carbocycles. The maximum atomic E-state index is 12.3. The van der Waals surface area contributed by atoms with Gasteiger partial charge in [0.25, 0.3) is 0 Å². The molecule has 5 heteroatoms. The van der Waals surface area contributed by atoms with E-state index in [1.165, 1.54) is 0 Å². The van der Waals surface area contributed by atoms with Crippen molar-refractivity contribution >= 4 is 11.9 Å². The zero-order valence-electron chi connectivity index (χ0n) is 12.0. The first-order valence-electron chi connectivity index (χ1n) is 7.63. The lowest BCUT2D eigenvalue weighted by Crippen LogP contribution is -2.49. The molecule has 112 valence electrons. The highest BCUT2D eigenvalue weighted by atomic mass is 16.2. The Morgan fingerprint density at radius 3 is 2.62 bits per heavy atom. The van der Waals surface area contributed by atoms with Crippen LogP contribution in [0.15, 0.2) is 30.3 Å². The lowest BCUT2D eigenvalue weighted by Gasteiger charge is -2.24. The molecule has 1 aromatic rings. The molecule has 3 rings (SSSR count). The molecule has 1 saturated carbocycles. The van der Waals surface area contributed by atoms with Crippen molar-refractivity contribution in [3.63, 3.8) is 0 Å². The number of hydrogen-bond acceptors (Lipinski definition) is 2. The van der Waals surface area contributed by atoms with Crippen LogP contribution in [0.5, 0.6) is 0 Å². The Morgan fingerprint density at radius 2 is 1.90 bits per heavy atom. The number of nitrogens with zero attached hydrogens (tertiary/aromatic N) is 1. The van der Waals surface area contributed by atoms with Crippen molar-refractivity contribution in [3.05, 3.63) is 35.9 Å². The van der Waals surface area contributed by atoms with Crippen LogP contribution in [-0.2, 0) is 11.3 Å². The third-order valence-corrected chi connectivity index (χ3v) is 4.03. The highest BCUT2D eigenvalue weighted by Gasteiger charge is 2.36. The number of benzene rings is 1. The average molecular weight is 287 g/mol. The molecule has 2 aliphatic rings. The lowest BCUT2D eigenvalue weighted by molar-refractivity contribution is -0.124. The topological polar surface area (TPSA) is 61.4 Å². The Morgan fingerprint density at radius 1 is 1.14 bits per heavy atom. The third kappa shape index (κ3) is 3.54. The van der Waals surface area contributed by atoms with Gasteiger partial charge in [-0.2, -0.15) is 0 Å². The molecule has 0 aromatic heterocycles. The van der Waals surface area contributed by atoms with Crippen molar-refractivity contribution in [2.45, 2.75) is 44.3 Å². The quantitative estimate of drug-likeness (QED) is 0.884. The molecule has 0 unspecified atom stereocenters. The van der Waals surface area contributed by atoms with Gasteiger partial charge in [-0.05, 0) is 31.2 Å². The predicted molar refractivity (Wildman–Crippen MR) is 79.6 cm³/mol. The van der Waals surface area contributed by atoms with Crippen LogP contribution in [0.25, 0.3) is 0 Å². The van der Waals surface area contributed by atoms with E-state index in [9.17, 15) is 9.59 Å². The van der Waals surface area contributed by atoms with Crippen LogP contribution >= 0.6 is 0 Å². The summed E-state index contributed by atoms with van der Waals surface area (Å²) in [6.07, 6.45) is 3.76. The fraction of sp³-hybridized carbons (Fsp3) is 0.500. The molecule has 2 N–H and O–H groups in total. The SMILES string of the molecule is O=C(NCc1ccccc1)[C@@H]1CCCN1C(=O)NC1CC1. The Labute approximate surface area is 124 Å². The minimum Gasteiger partial charge on any atom is -0.350 e. The van der Waals surface area contributed by atoms with Crippen molar-refractivity contribution in [2.75, 3.05) is 6.54 Å². The van der Waals surface area contributed by atoms with Gasteiger partial charge >= 0.3 is 6.03 Å². The number of rotatable bonds is 4. The summed E-state index contributed by atoms with van der Waals surface area (Å²) >= 11 is 0. The fourth-order valence-electron chi connectivity index (χ4n) is 2.67. The summed E-state index contributed by atoms with van der Waals surface area (Å²) in [5.41, 5.74) is 1.07. The molecule has 1 heterocycles. The van der Waals surface area contributed by atoms with Crippen LogP contribution in [0.4, 0.5) is 4.79 Å². The number of amides is 3. The maximum Gasteiger partial charge on any atom is 0.318 e. The van der Waals surface area contributed by atoms with Crippen LogP contribution in [0.2, 0.25) is 0 Å². The van der Waals surface area contributed by atoms with E-state index >= 15 is 0 Å². The molecular weight excluding hydrogens is 266 g/mol. The van der Waals surface area contributed by atoms with E-state index in [-0.39, 0.29) is 18.0 Å². The number of carbonyl (C=O) groups is 2. The first-order valence-corrected chi connectivity index (χ1v) is 7.63. The molecular formula is C16H21N3O2. The van der Waals surface area contributed by atoms with Gasteiger partial charge in [-0.3, -0.25) is 4.79 Å². The van der Waals surface area contributed by atoms with E-state index < -0.39 is 0 Å². The Kier molecular flexibility index (Phi) is 4.08. The number of likely N-dealkylation sites (tertiary alicyclic amines) is 1. The first-order chi connectivity index (χ1) is 10.2. The molecule has 1 saturated heterocycles. The second kappa shape index (κ2) is 6.16. The molecule has 1 atom stereocenters. The van der Waals surface area contributed by atoms with Gasteiger partial charge in [-0.15, -0.1) is 0 Å². The van der Waals surface area contributed by atoms with E-state index in [4.69, 9.17) is 0 Å². The normalized spacial score (nSPS) is 21.1. The Balaban J connectivity index is 1.54. The first kappa shape index (κ1) is 13.9. The van der Waals surface area contributed by atoms with Crippen molar-refractivity contribution in [2.24, 2.45) is 0 Å². The van der Waals surface area contributed by atoms with Gasteiger partial charge in [0.1, 0.15) is 6.04 Å². The van der Waals surface area contributed by atoms with Crippen LogP contribution in [-0.4, -0.2) is 35.5 Å². The van der Waals surface area contributed by atoms with E-state index in [1.54, 1.807) is 4.90 Å². The summed E-state index contributed by atoms with van der Waals surface area (Å²) in [6.45, 7) is 1.18. The standard InChI is InChI=1S/C16H21N3O2/c20-15(17-11-12-5-2-1-3-6-12)14-7-4-10-19(14)16(21)18-13-8-9-13/h1-3,5-6,13-14H,4,7-11H2,(H,17,20)(H,18,21)/t14-/m0/s1. The number of carbonyl (C=O) groups excluding carboxylic acids is 2. The van der Waals surface area contributed by atoms with Crippen LogP contribution in [0, 0.1) is 0 Å². The minimum absolute atomic E-state index is 0.0534. The maximum absolute atomic E-state index is 12.3. The van der Waals surface area contributed by atoms with Crippen molar-refractivity contribution in [1.82, 2.24) is 15.5 Å². The highest BCUT2D eigenvalue weighted by Crippen LogP contribution is 2.22. The predicted octanol–water partition coefficient (Wildman–Crippen LogP) is 1.64. The second-order valence-electron chi connectivity index (χ2n) is 5.78. The number of urea groups is 1. The average Bonchev–Trinajstić information content (AvgIpc) is 3.18. The minimum atomic E-state index is -0.326. The highest BCUT2D eigenvalue weighted by molar-refractivity contribution is 5.87. The molecule has 0 radical (unpaired) electrons. The Bertz CT molecular complexity index is 514. The van der Waals surface area contributed by atoms with Gasteiger partial charge in [0.2, 0.25) is 5.91 Å². The molecule has 1 aliphatic carbocycles. The number of nitrogens with one attached hydrogen (secondary N) is 2. The summed E-state index contributed by atoms with van der Waals surface area (Å²) in [5.74, 6) is -0.0534. The van der Waals surface area contributed by atoms with Gasteiger partial charge in [0.15, 0.2) is 0 Å². The zero-order valence-corrected chi connectivity index (χ0v) is 12.0. The van der Waals surface area contributed by atoms with Gasteiger partial charge in [-0.1, -0.05) is 30.3 Å². The summed E-state index contributed by atoms with van der Waals surface area (Å²) in [4.78, 5) is 26.1.